The minimum Gasteiger partial charge on any atom is -0.425 e. The van der Waals surface area contributed by atoms with Crippen molar-refractivity contribution in [2.75, 3.05) is 5.32 Å². The van der Waals surface area contributed by atoms with Gasteiger partial charge >= 0.3 is 0 Å². The number of nitrogens with one attached hydrogen (secondary N) is 1. The van der Waals surface area contributed by atoms with Crippen LogP contribution in [0.25, 0.3) is 11.3 Å². The van der Waals surface area contributed by atoms with E-state index in [1.165, 1.54) is 12.8 Å². The largest absolute Gasteiger partial charge is 0.425 e. The Morgan fingerprint density at radius 1 is 1.19 bits per heavy atom. The molecule has 1 saturated carbocycles. The van der Waals surface area contributed by atoms with Gasteiger partial charge in [0.2, 0.25) is 17.7 Å². The maximum Gasteiger partial charge on any atom is 0.225 e. The van der Waals surface area contributed by atoms with Crippen LogP contribution in [0, 0.1) is 6.92 Å². The second-order valence-corrected chi connectivity index (χ2v) is 6.90. The van der Waals surface area contributed by atoms with Gasteiger partial charge in [-0.25, -0.2) is 0 Å². The van der Waals surface area contributed by atoms with Gasteiger partial charge in [-0.3, -0.25) is 4.79 Å². The van der Waals surface area contributed by atoms with Crippen LogP contribution < -0.4 is 5.32 Å². The van der Waals surface area contributed by atoms with Crippen molar-refractivity contribution in [1.82, 2.24) is 15.4 Å². The first kappa shape index (κ1) is 17.5. The Hall–Kier alpha value is -2.96. The van der Waals surface area contributed by atoms with Crippen molar-refractivity contribution in [2.45, 2.75) is 51.4 Å². The van der Waals surface area contributed by atoms with Gasteiger partial charge in [0.15, 0.2) is 5.76 Å². The van der Waals surface area contributed by atoms with Crippen LogP contribution in [-0.4, -0.2) is 21.3 Å². The maximum atomic E-state index is 12.4. The van der Waals surface area contributed by atoms with Gasteiger partial charge in [0, 0.05) is 24.3 Å². The Bertz CT molecular complexity index is 910. The van der Waals surface area contributed by atoms with Crippen molar-refractivity contribution in [1.29, 1.82) is 0 Å². The van der Waals surface area contributed by atoms with Gasteiger partial charge in [0.25, 0.3) is 0 Å². The summed E-state index contributed by atoms with van der Waals surface area (Å²) >= 11 is 0. The smallest absolute Gasteiger partial charge is 0.225 e. The molecule has 0 unspecified atom stereocenters. The summed E-state index contributed by atoms with van der Waals surface area (Å²) in [6.07, 6.45) is 5.31. The summed E-state index contributed by atoms with van der Waals surface area (Å²) in [4.78, 5) is 12.4. The van der Waals surface area contributed by atoms with Gasteiger partial charge in [-0.05, 0) is 19.8 Å². The third-order valence-corrected chi connectivity index (χ3v) is 4.92. The average molecular weight is 366 g/mol. The predicted molar refractivity (Wildman–Crippen MR) is 99.1 cm³/mol. The number of carbonyl (C=O) groups is 1. The van der Waals surface area contributed by atoms with Gasteiger partial charge < -0.3 is 14.3 Å². The number of aryl methyl sites for hydroxylation is 2. The van der Waals surface area contributed by atoms with E-state index in [0.717, 1.165) is 18.4 Å². The molecule has 0 spiro atoms. The van der Waals surface area contributed by atoms with Crippen molar-refractivity contribution in [3.8, 4) is 11.3 Å². The van der Waals surface area contributed by atoms with Gasteiger partial charge in [0.05, 0.1) is 0 Å². The molecule has 2 heterocycles. The van der Waals surface area contributed by atoms with Crippen LogP contribution in [0.3, 0.4) is 0 Å². The molecule has 1 fully saturated rings. The first-order valence-electron chi connectivity index (χ1n) is 9.34. The molecule has 0 radical (unpaired) electrons. The summed E-state index contributed by atoms with van der Waals surface area (Å²) in [7, 11) is 0. The number of hydrogen-bond donors (Lipinski definition) is 1. The molecule has 7 heteroatoms. The zero-order valence-electron chi connectivity index (χ0n) is 15.3. The van der Waals surface area contributed by atoms with Crippen LogP contribution >= 0.6 is 0 Å². The van der Waals surface area contributed by atoms with Crippen molar-refractivity contribution in [2.24, 2.45) is 0 Å². The summed E-state index contributed by atoms with van der Waals surface area (Å²) in [5.41, 5.74) is 2.11. The van der Waals surface area contributed by atoms with Crippen LogP contribution in [0.4, 0.5) is 5.69 Å². The summed E-state index contributed by atoms with van der Waals surface area (Å²) < 4.78 is 11.1. The Balaban J connectivity index is 1.38. The highest BCUT2D eigenvalue weighted by atomic mass is 16.5. The molecule has 2 aromatic heterocycles. The van der Waals surface area contributed by atoms with Gasteiger partial charge in [-0.2, -0.15) is 0 Å². The molecule has 0 atom stereocenters. The van der Waals surface area contributed by atoms with Crippen LogP contribution in [0.2, 0.25) is 0 Å². The summed E-state index contributed by atoms with van der Waals surface area (Å²) in [5.74, 6) is 2.02. The lowest BCUT2D eigenvalue weighted by Gasteiger charge is -2.05. The Morgan fingerprint density at radius 2 is 1.96 bits per heavy atom. The second kappa shape index (κ2) is 7.73. The number of rotatable bonds is 6. The maximum absolute atomic E-state index is 12.4. The highest BCUT2D eigenvalue weighted by Gasteiger charge is 2.23. The Morgan fingerprint density at radius 3 is 2.74 bits per heavy atom. The first-order valence-corrected chi connectivity index (χ1v) is 9.34. The van der Waals surface area contributed by atoms with E-state index in [9.17, 15) is 4.79 Å². The van der Waals surface area contributed by atoms with Crippen molar-refractivity contribution in [3.63, 3.8) is 0 Å². The Labute approximate surface area is 157 Å². The van der Waals surface area contributed by atoms with Crippen molar-refractivity contribution in [3.05, 3.63) is 47.8 Å². The minimum absolute atomic E-state index is 0.140. The number of aromatic nitrogens is 3. The van der Waals surface area contributed by atoms with E-state index in [1.54, 1.807) is 6.92 Å². The quantitative estimate of drug-likeness (QED) is 0.700. The number of benzene rings is 1. The van der Waals surface area contributed by atoms with E-state index in [2.05, 4.69) is 20.7 Å². The molecule has 7 nitrogen and oxygen atoms in total. The molecule has 0 bridgehead atoms. The number of hydrogen-bond acceptors (Lipinski definition) is 6. The van der Waals surface area contributed by atoms with Gasteiger partial charge in [-0.1, -0.05) is 48.3 Å². The molecule has 1 aliphatic carbocycles. The van der Waals surface area contributed by atoms with Crippen molar-refractivity contribution < 1.29 is 13.7 Å². The summed E-state index contributed by atoms with van der Waals surface area (Å²) in [6, 6.07) is 9.58. The number of anilines is 1. The standard InChI is InChI=1S/C20H22N4O3/c1-13-18(19(27-24-13)14-7-3-2-4-8-14)21-16(25)11-12-17-22-23-20(26-17)15-9-5-6-10-15/h2-4,7-8,15H,5-6,9-12H2,1H3,(H,21,25). The molecule has 0 saturated heterocycles. The molecular weight excluding hydrogens is 344 g/mol. The SMILES string of the molecule is Cc1noc(-c2ccccc2)c1NC(=O)CCc1nnc(C2CCCC2)o1. The third-order valence-electron chi connectivity index (χ3n) is 4.92. The van der Waals surface area contributed by atoms with E-state index >= 15 is 0 Å². The fourth-order valence-electron chi connectivity index (χ4n) is 3.43. The minimum atomic E-state index is -0.140. The Kier molecular flexibility index (Phi) is 5.00. The van der Waals surface area contributed by atoms with Gasteiger partial charge in [-0.15, -0.1) is 10.2 Å². The highest BCUT2D eigenvalue weighted by molar-refractivity contribution is 5.95. The van der Waals surface area contributed by atoms with E-state index in [-0.39, 0.29) is 12.3 Å². The fraction of sp³-hybridized carbons (Fsp3) is 0.400. The lowest BCUT2D eigenvalue weighted by atomic mass is 10.1. The zero-order chi connectivity index (χ0) is 18.6. The number of nitrogens with zero attached hydrogens (tertiary/aromatic N) is 3. The lowest BCUT2D eigenvalue weighted by molar-refractivity contribution is -0.116. The van der Waals surface area contributed by atoms with Gasteiger partial charge in [0.1, 0.15) is 11.4 Å². The van der Waals surface area contributed by atoms with Crippen LogP contribution in [0.15, 0.2) is 39.3 Å². The third kappa shape index (κ3) is 3.92. The molecule has 0 aliphatic heterocycles. The summed E-state index contributed by atoms with van der Waals surface area (Å²) in [6.45, 7) is 1.80. The monoisotopic (exact) mass is 366 g/mol. The predicted octanol–water partition coefficient (Wildman–Crippen LogP) is 4.26. The lowest BCUT2D eigenvalue weighted by Crippen LogP contribution is -2.13. The van der Waals surface area contributed by atoms with E-state index in [0.29, 0.717) is 41.3 Å². The van der Waals surface area contributed by atoms with Crippen molar-refractivity contribution >= 4 is 11.6 Å². The van der Waals surface area contributed by atoms with E-state index in [1.807, 2.05) is 30.3 Å². The molecular formula is C20H22N4O3. The normalized spacial score (nSPS) is 14.6. The molecule has 1 aliphatic rings. The van der Waals surface area contributed by atoms with Crippen LogP contribution in [0.1, 0.15) is 55.5 Å². The fourth-order valence-corrected chi connectivity index (χ4v) is 3.43. The number of amides is 1. The molecule has 27 heavy (non-hydrogen) atoms. The molecule has 1 amide bonds. The topological polar surface area (TPSA) is 94.1 Å². The van der Waals surface area contributed by atoms with E-state index < -0.39 is 0 Å². The number of carbonyl (C=O) groups excluding carboxylic acids is 1. The molecule has 1 N–H and O–H groups in total. The summed E-state index contributed by atoms with van der Waals surface area (Å²) in [5, 5.41) is 15.1. The molecule has 4 rings (SSSR count). The highest BCUT2D eigenvalue weighted by Crippen LogP contribution is 2.33. The zero-order valence-corrected chi connectivity index (χ0v) is 15.3. The average Bonchev–Trinajstić information content (AvgIpc) is 3.43. The van der Waals surface area contributed by atoms with E-state index in [4.69, 9.17) is 8.94 Å². The molecule has 3 aromatic rings. The second-order valence-electron chi connectivity index (χ2n) is 6.90. The van der Waals surface area contributed by atoms with Crippen LogP contribution in [0.5, 0.6) is 0 Å². The van der Waals surface area contributed by atoms with Crippen LogP contribution in [-0.2, 0) is 11.2 Å². The molecule has 1 aromatic carbocycles. The first-order chi connectivity index (χ1) is 13.2. The molecule has 140 valence electrons.